The molecule has 0 atom stereocenters. The highest BCUT2D eigenvalue weighted by molar-refractivity contribution is 4.99. The molecule has 0 aromatic rings. The summed E-state index contributed by atoms with van der Waals surface area (Å²) in [5, 5.41) is 10.3. The van der Waals surface area contributed by atoms with Crippen molar-refractivity contribution in [2.24, 2.45) is 0 Å². The number of hydrogen-bond donors (Lipinski definition) is 0. The van der Waals surface area contributed by atoms with Gasteiger partial charge in [0.05, 0.1) is 0 Å². The Kier molecular flexibility index (Phi) is 2.49. The van der Waals surface area contributed by atoms with Crippen LogP contribution in [0.25, 0.3) is 0 Å². The fourth-order valence-electron chi connectivity index (χ4n) is 0.249. The van der Waals surface area contributed by atoms with Crippen LogP contribution >= 0.6 is 0 Å². The zero-order valence-electron chi connectivity index (χ0n) is 5.12. The molecule has 0 spiro atoms. The fraction of sp³-hybridized carbons (Fsp3) is 0.667. The van der Waals surface area contributed by atoms with Crippen molar-refractivity contribution in [2.75, 3.05) is 0 Å². The maximum Gasteiger partial charge on any atom is 0.151 e. The minimum atomic E-state index is 0.211. The lowest BCUT2D eigenvalue weighted by Gasteiger charge is -1.89. The molecule has 0 aliphatic heterocycles. The van der Waals surface area contributed by atoms with Gasteiger partial charge in [-0.3, -0.25) is 5.11 Å². The van der Waals surface area contributed by atoms with Gasteiger partial charge in [-0.25, -0.2) is 0 Å². The fourth-order valence-corrected chi connectivity index (χ4v) is 0.249. The van der Waals surface area contributed by atoms with E-state index in [1.54, 1.807) is 6.92 Å². The topological polar surface area (TPSA) is 19.9 Å². The molecule has 0 fully saturated rings. The van der Waals surface area contributed by atoms with Crippen molar-refractivity contribution >= 4 is 0 Å². The Hall–Kier alpha value is -0.460. The zero-order valence-corrected chi connectivity index (χ0v) is 5.12. The Balaban J connectivity index is 3.72. The first-order valence-electron chi connectivity index (χ1n) is 2.51. The average molecular weight is 99.2 g/mol. The quantitative estimate of drug-likeness (QED) is 0.449. The lowest BCUT2D eigenvalue weighted by molar-refractivity contribution is 0.293. The van der Waals surface area contributed by atoms with Gasteiger partial charge in [-0.05, 0) is 25.8 Å². The summed E-state index contributed by atoms with van der Waals surface area (Å²) in [4.78, 5) is 0. The average Bonchev–Trinajstić information content (AvgIpc) is 1.65. The normalized spacial score (nSPS) is 13.6. The van der Waals surface area contributed by atoms with Gasteiger partial charge in [0, 0.05) is 0 Å². The molecule has 1 nitrogen and oxygen atoms in total. The lowest BCUT2D eigenvalue weighted by Crippen LogP contribution is -1.75. The highest BCUT2D eigenvalue weighted by Gasteiger charge is 1.88. The van der Waals surface area contributed by atoms with E-state index in [0.717, 1.165) is 12.0 Å². The van der Waals surface area contributed by atoms with Gasteiger partial charge in [-0.15, -0.1) is 0 Å². The van der Waals surface area contributed by atoms with E-state index in [0.29, 0.717) is 0 Å². The van der Waals surface area contributed by atoms with Crippen LogP contribution in [0.3, 0.4) is 0 Å². The summed E-state index contributed by atoms with van der Waals surface area (Å²) in [7, 11) is 0. The van der Waals surface area contributed by atoms with Gasteiger partial charge >= 0.3 is 0 Å². The Morgan fingerprint density at radius 1 is 1.43 bits per heavy atom. The molecule has 0 unspecified atom stereocenters. The molecule has 0 saturated carbocycles. The van der Waals surface area contributed by atoms with Crippen molar-refractivity contribution in [2.45, 2.75) is 27.2 Å². The van der Waals surface area contributed by atoms with Crippen molar-refractivity contribution in [3.8, 4) is 0 Å². The van der Waals surface area contributed by atoms with Crippen molar-refractivity contribution < 1.29 is 5.11 Å². The zero-order chi connectivity index (χ0) is 5.86. The van der Waals surface area contributed by atoms with Gasteiger partial charge in [0.1, 0.15) is 0 Å². The monoisotopic (exact) mass is 99.1 g/mol. The summed E-state index contributed by atoms with van der Waals surface area (Å²) in [6.45, 7) is 5.44. The molecule has 0 amide bonds. The first-order chi connectivity index (χ1) is 3.18. The van der Waals surface area contributed by atoms with E-state index in [4.69, 9.17) is 0 Å². The minimum Gasteiger partial charge on any atom is -0.295 e. The molecule has 0 saturated heterocycles. The van der Waals surface area contributed by atoms with Crippen LogP contribution in [-0.2, 0) is 5.11 Å². The van der Waals surface area contributed by atoms with E-state index >= 15 is 0 Å². The maximum atomic E-state index is 10.3. The standard InChI is InChI=1S/C6H11O/c1-4-5(2)6(3)7/h4H2,1-3H3/b6-5-. The van der Waals surface area contributed by atoms with Crippen LogP contribution in [0, 0.1) is 0 Å². The molecule has 0 aliphatic carbocycles. The molecular formula is C6H11O. The molecule has 0 rings (SSSR count). The first kappa shape index (κ1) is 6.54. The smallest absolute Gasteiger partial charge is 0.151 e. The van der Waals surface area contributed by atoms with E-state index in [2.05, 4.69) is 0 Å². The molecule has 0 aliphatic rings. The number of hydrogen-bond acceptors (Lipinski definition) is 0. The van der Waals surface area contributed by atoms with Crippen molar-refractivity contribution in [3.05, 3.63) is 11.3 Å². The second-order valence-electron chi connectivity index (χ2n) is 1.69. The molecule has 0 bridgehead atoms. The van der Waals surface area contributed by atoms with E-state index in [1.165, 1.54) is 0 Å². The van der Waals surface area contributed by atoms with Gasteiger partial charge in [0.15, 0.2) is 5.76 Å². The Morgan fingerprint density at radius 3 is 1.86 bits per heavy atom. The Labute approximate surface area is 44.7 Å². The van der Waals surface area contributed by atoms with Crippen LogP contribution in [-0.4, -0.2) is 0 Å². The molecule has 1 heteroatoms. The molecule has 0 heterocycles. The Bertz CT molecular complexity index is 78.2. The summed E-state index contributed by atoms with van der Waals surface area (Å²) < 4.78 is 0. The second kappa shape index (κ2) is 2.67. The second-order valence-corrected chi connectivity index (χ2v) is 1.69. The summed E-state index contributed by atoms with van der Waals surface area (Å²) in [6, 6.07) is 0. The maximum absolute atomic E-state index is 10.3. The third kappa shape index (κ3) is 2.26. The predicted octanol–water partition coefficient (Wildman–Crippen LogP) is 2.12. The van der Waals surface area contributed by atoms with Crippen molar-refractivity contribution in [3.63, 3.8) is 0 Å². The number of rotatable bonds is 1. The third-order valence-electron chi connectivity index (χ3n) is 1.13. The molecule has 1 radical (unpaired) electrons. The van der Waals surface area contributed by atoms with Gasteiger partial charge in [-0.2, -0.15) is 0 Å². The van der Waals surface area contributed by atoms with Gasteiger partial charge in [0.2, 0.25) is 0 Å². The van der Waals surface area contributed by atoms with Crippen LogP contribution in [0.1, 0.15) is 27.2 Å². The van der Waals surface area contributed by atoms with E-state index in [9.17, 15) is 5.11 Å². The van der Waals surface area contributed by atoms with Crippen LogP contribution in [0.2, 0.25) is 0 Å². The summed E-state index contributed by atoms with van der Waals surface area (Å²) >= 11 is 0. The molecule has 7 heavy (non-hydrogen) atoms. The Morgan fingerprint density at radius 2 is 1.86 bits per heavy atom. The summed E-state index contributed by atoms with van der Waals surface area (Å²) in [5.41, 5.74) is 0.958. The van der Waals surface area contributed by atoms with Crippen LogP contribution in [0.15, 0.2) is 11.3 Å². The first-order valence-corrected chi connectivity index (χ1v) is 2.51. The lowest BCUT2D eigenvalue weighted by atomic mass is 10.2. The van der Waals surface area contributed by atoms with Crippen LogP contribution < -0.4 is 0 Å². The van der Waals surface area contributed by atoms with E-state index in [1.807, 2.05) is 13.8 Å². The van der Waals surface area contributed by atoms with Gasteiger partial charge in [0.25, 0.3) is 0 Å². The van der Waals surface area contributed by atoms with Crippen molar-refractivity contribution in [1.82, 2.24) is 0 Å². The van der Waals surface area contributed by atoms with Crippen molar-refractivity contribution in [1.29, 1.82) is 0 Å². The minimum absolute atomic E-state index is 0.211. The third-order valence-corrected chi connectivity index (χ3v) is 1.13. The molecule has 0 N–H and O–H groups in total. The molecule has 0 aromatic carbocycles. The number of allylic oxidation sites excluding steroid dienone is 2. The van der Waals surface area contributed by atoms with Crippen LogP contribution in [0.4, 0.5) is 0 Å². The van der Waals surface area contributed by atoms with Gasteiger partial charge in [-0.1, -0.05) is 6.92 Å². The molecule has 0 aromatic heterocycles. The predicted molar refractivity (Wildman–Crippen MR) is 29.4 cm³/mol. The van der Waals surface area contributed by atoms with Gasteiger partial charge < -0.3 is 0 Å². The SMILES string of the molecule is CC/C(C)=C(/C)[O]. The largest absolute Gasteiger partial charge is 0.295 e. The molecular weight excluding hydrogens is 88.1 g/mol. The highest BCUT2D eigenvalue weighted by atomic mass is 16.3. The highest BCUT2D eigenvalue weighted by Crippen LogP contribution is 2.02. The van der Waals surface area contributed by atoms with E-state index in [-0.39, 0.29) is 5.76 Å². The van der Waals surface area contributed by atoms with Crippen LogP contribution in [0.5, 0.6) is 0 Å². The molecule has 41 valence electrons. The van der Waals surface area contributed by atoms with E-state index < -0.39 is 0 Å². The summed E-state index contributed by atoms with van der Waals surface area (Å²) in [5.74, 6) is 0.211. The summed E-state index contributed by atoms with van der Waals surface area (Å²) in [6.07, 6.45) is 0.884.